The summed E-state index contributed by atoms with van der Waals surface area (Å²) in [5.74, 6) is 0. The number of unbranched alkanes of at least 4 members (excludes halogenated alkanes) is 1. The van der Waals surface area contributed by atoms with E-state index in [-0.39, 0.29) is 0 Å². The van der Waals surface area contributed by atoms with Crippen molar-refractivity contribution in [3.05, 3.63) is 48.0 Å². The highest BCUT2D eigenvalue weighted by Gasteiger charge is 2.03. The summed E-state index contributed by atoms with van der Waals surface area (Å²) in [7, 11) is 0. The molecule has 2 aromatic carbocycles. The van der Waals surface area contributed by atoms with Gasteiger partial charge in [-0.25, -0.2) is 0 Å². The minimum absolute atomic E-state index is 0.572. The van der Waals surface area contributed by atoms with E-state index in [0.717, 1.165) is 30.7 Å². The van der Waals surface area contributed by atoms with Gasteiger partial charge in [0.05, 0.1) is 5.71 Å². The molecular formula is C17H21N3S. The first-order valence-electron chi connectivity index (χ1n) is 7.28. The number of nitrogens with zero attached hydrogens (tertiary/aromatic N) is 1. The molecule has 0 bridgehead atoms. The van der Waals surface area contributed by atoms with E-state index in [0.29, 0.717) is 5.11 Å². The summed E-state index contributed by atoms with van der Waals surface area (Å²) < 4.78 is 0. The molecule has 3 nitrogen and oxygen atoms in total. The van der Waals surface area contributed by atoms with E-state index in [2.05, 4.69) is 53.1 Å². The lowest BCUT2D eigenvalue weighted by molar-refractivity contribution is 0.745. The number of rotatable bonds is 5. The van der Waals surface area contributed by atoms with Crippen molar-refractivity contribution in [2.24, 2.45) is 5.10 Å². The predicted molar refractivity (Wildman–Crippen MR) is 94.8 cm³/mol. The summed E-state index contributed by atoms with van der Waals surface area (Å²) in [6, 6.07) is 14.5. The van der Waals surface area contributed by atoms with E-state index in [4.69, 9.17) is 12.2 Å². The van der Waals surface area contributed by atoms with E-state index in [1.54, 1.807) is 0 Å². The van der Waals surface area contributed by atoms with Crippen LogP contribution >= 0.6 is 12.2 Å². The molecule has 0 radical (unpaired) electrons. The molecule has 0 spiro atoms. The van der Waals surface area contributed by atoms with Gasteiger partial charge in [0.2, 0.25) is 0 Å². The second-order valence-electron chi connectivity index (χ2n) is 4.95. The molecule has 0 atom stereocenters. The molecule has 4 heteroatoms. The van der Waals surface area contributed by atoms with Crippen molar-refractivity contribution in [3.63, 3.8) is 0 Å². The van der Waals surface area contributed by atoms with Gasteiger partial charge in [-0.2, -0.15) is 5.10 Å². The smallest absolute Gasteiger partial charge is 0.186 e. The minimum atomic E-state index is 0.572. The van der Waals surface area contributed by atoms with Gasteiger partial charge in [0.15, 0.2) is 5.11 Å². The molecule has 0 saturated carbocycles. The van der Waals surface area contributed by atoms with Gasteiger partial charge in [0, 0.05) is 12.1 Å². The number of hydrazone groups is 1. The van der Waals surface area contributed by atoms with Gasteiger partial charge >= 0.3 is 0 Å². The zero-order valence-electron chi connectivity index (χ0n) is 12.5. The molecule has 0 aliphatic heterocycles. The van der Waals surface area contributed by atoms with Crippen molar-refractivity contribution < 1.29 is 0 Å². The highest BCUT2D eigenvalue weighted by molar-refractivity contribution is 7.80. The Labute approximate surface area is 131 Å². The van der Waals surface area contributed by atoms with Gasteiger partial charge in [-0.1, -0.05) is 55.8 Å². The van der Waals surface area contributed by atoms with Crippen LogP contribution in [0.15, 0.2) is 47.6 Å². The fourth-order valence-corrected chi connectivity index (χ4v) is 2.30. The Bertz CT molecular complexity index is 644. The quantitative estimate of drug-likeness (QED) is 0.381. The third-order valence-corrected chi connectivity index (χ3v) is 3.56. The van der Waals surface area contributed by atoms with E-state index in [1.165, 1.54) is 10.8 Å². The molecule has 21 heavy (non-hydrogen) atoms. The second kappa shape index (κ2) is 7.74. The van der Waals surface area contributed by atoms with Crippen LogP contribution in [0.25, 0.3) is 10.8 Å². The molecule has 0 saturated heterocycles. The average Bonchev–Trinajstić information content (AvgIpc) is 2.52. The maximum atomic E-state index is 5.20. The Balaban J connectivity index is 2.09. The van der Waals surface area contributed by atoms with Crippen LogP contribution in [-0.4, -0.2) is 17.4 Å². The second-order valence-corrected chi connectivity index (χ2v) is 5.35. The van der Waals surface area contributed by atoms with Crippen LogP contribution in [-0.2, 0) is 0 Å². The molecule has 0 fully saturated rings. The molecule has 2 rings (SSSR count). The molecule has 2 aromatic rings. The lowest BCUT2D eigenvalue weighted by atomic mass is 10.0. The van der Waals surface area contributed by atoms with E-state index in [1.807, 2.05) is 19.1 Å². The fourth-order valence-electron chi connectivity index (χ4n) is 2.15. The molecule has 0 heterocycles. The fraction of sp³-hybridized carbons (Fsp3) is 0.294. The minimum Gasteiger partial charge on any atom is -0.361 e. The predicted octanol–water partition coefficient (Wildman–Crippen LogP) is 3.83. The molecule has 0 aliphatic carbocycles. The molecule has 0 aliphatic rings. The Morgan fingerprint density at radius 2 is 1.90 bits per heavy atom. The first-order chi connectivity index (χ1) is 10.2. The highest BCUT2D eigenvalue weighted by atomic mass is 32.1. The number of fused-ring (bicyclic) bond motifs is 1. The molecule has 110 valence electrons. The molecule has 0 amide bonds. The van der Waals surface area contributed by atoms with Gasteiger partial charge in [-0.05, 0) is 36.3 Å². The van der Waals surface area contributed by atoms with Crippen LogP contribution in [0.4, 0.5) is 0 Å². The summed E-state index contributed by atoms with van der Waals surface area (Å²) in [6.45, 7) is 5.02. The summed E-state index contributed by atoms with van der Waals surface area (Å²) in [4.78, 5) is 0. The Morgan fingerprint density at radius 1 is 1.14 bits per heavy atom. The van der Waals surface area contributed by atoms with Crippen molar-refractivity contribution in [1.29, 1.82) is 0 Å². The highest BCUT2D eigenvalue weighted by Crippen LogP contribution is 2.18. The zero-order chi connectivity index (χ0) is 15.1. The maximum absolute atomic E-state index is 5.20. The topological polar surface area (TPSA) is 36.4 Å². The summed E-state index contributed by atoms with van der Waals surface area (Å²) in [5.41, 5.74) is 4.96. The SMILES string of the molecule is CCCCNC(=S)NN=C(C)c1cccc2ccccc12. The van der Waals surface area contributed by atoms with Crippen LogP contribution in [0.2, 0.25) is 0 Å². The summed E-state index contributed by atoms with van der Waals surface area (Å²) >= 11 is 5.20. The van der Waals surface area contributed by atoms with Crippen molar-refractivity contribution >= 4 is 33.8 Å². The maximum Gasteiger partial charge on any atom is 0.186 e. The lowest BCUT2D eigenvalue weighted by Gasteiger charge is -2.09. The van der Waals surface area contributed by atoms with Crippen molar-refractivity contribution in [2.75, 3.05) is 6.54 Å². The number of nitrogens with one attached hydrogen (secondary N) is 2. The Morgan fingerprint density at radius 3 is 2.71 bits per heavy atom. The first-order valence-corrected chi connectivity index (χ1v) is 7.69. The average molecular weight is 299 g/mol. The molecule has 0 aromatic heterocycles. The largest absolute Gasteiger partial charge is 0.361 e. The van der Waals surface area contributed by atoms with Crippen LogP contribution in [0, 0.1) is 0 Å². The standard InChI is InChI=1S/C17H21N3S/c1-3-4-12-18-17(21)20-19-13(2)15-11-7-9-14-8-5-6-10-16(14)15/h5-11H,3-4,12H2,1-2H3,(H2,18,20,21). The Kier molecular flexibility index (Phi) is 5.69. The first kappa shape index (κ1) is 15.4. The van der Waals surface area contributed by atoms with Crippen LogP contribution in [0.3, 0.4) is 0 Å². The number of benzene rings is 2. The van der Waals surface area contributed by atoms with Gasteiger partial charge in [-0.15, -0.1) is 0 Å². The van der Waals surface area contributed by atoms with Crippen molar-refractivity contribution in [1.82, 2.24) is 10.7 Å². The third-order valence-electron chi connectivity index (χ3n) is 3.32. The van der Waals surface area contributed by atoms with Gasteiger partial charge in [0.1, 0.15) is 0 Å². The number of thiocarbonyl (C=S) groups is 1. The lowest BCUT2D eigenvalue weighted by Crippen LogP contribution is -2.33. The third kappa shape index (κ3) is 4.26. The van der Waals surface area contributed by atoms with Crippen LogP contribution in [0.5, 0.6) is 0 Å². The van der Waals surface area contributed by atoms with Crippen LogP contribution in [0.1, 0.15) is 32.3 Å². The van der Waals surface area contributed by atoms with Gasteiger partial charge < -0.3 is 5.32 Å². The van der Waals surface area contributed by atoms with Crippen molar-refractivity contribution in [2.45, 2.75) is 26.7 Å². The Hall–Kier alpha value is -1.94. The van der Waals surface area contributed by atoms with E-state index >= 15 is 0 Å². The molecule has 0 unspecified atom stereocenters. The van der Waals surface area contributed by atoms with E-state index in [9.17, 15) is 0 Å². The van der Waals surface area contributed by atoms with E-state index < -0.39 is 0 Å². The number of hydrogen-bond acceptors (Lipinski definition) is 2. The monoisotopic (exact) mass is 299 g/mol. The molecule has 2 N–H and O–H groups in total. The summed E-state index contributed by atoms with van der Waals surface area (Å²) in [5, 5.41) is 10.5. The molecular weight excluding hydrogens is 278 g/mol. The van der Waals surface area contributed by atoms with Gasteiger partial charge in [-0.3, -0.25) is 5.43 Å². The van der Waals surface area contributed by atoms with Crippen molar-refractivity contribution in [3.8, 4) is 0 Å². The van der Waals surface area contributed by atoms with Gasteiger partial charge in [0.25, 0.3) is 0 Å². The van der Waals surface area contributed by atoms with Crippen LogP contribution < -0.4 is 10.7 Å². The zero-order valence-corrected chi connectivity index (χ0v) is 13.3. The summed E-state index contributed by atoms with van der Waals surface area (Å²) in [6.07, 6.45) is 2.25. The number of hydrogen-bond donors (Lipinski definition) is 2. The normalized spacial score (nSPS) is 11.4.